The third-order valence-corrected chi connectivity index (χ3v) is 5.84. The van der Waals surface area contributed by atoms with Crippen molar-refractivity contribution in [1.29, 1.82) is 0 Å². The standard InChI is InChI=1S/C20H18FI/c1-12-18-10-14(21)7-9-16(18)19(11-22)17-8-6-13-4-2-3-5-15(13)20(12)17/h6-10H,2-5,11H2,1H3. The summed E-state index contributed by atoms with van der Waals surface area (Å²) in [6.07, 6.45) is 4.91. The second-order valence-electron chi connectivity index (χ2n) is 6.26. The van der Waals surface area contributed by atoms with Crippen molar-refractivity contribution in [2.75, 3.05) is 0 Å². The maximum atomic E-state index is 13.8. The Morgan fingerprint density at radius 3 is 2.59 bits per heavy atom. The second-order valence-corrected chi connectivity index (χ2v) is 7.02. The van der Waals surface area contributed by atoms with Crippen LogP contribution in [0.25, 0.3) is 21.5 Å². The maximum Gasteiger partial charge on any atom is 0.123 e. The molecule has 0 spiro atoms. The van der Waals surface area contributed by atoms with Crippen molar-refractivity contribution in [3.63, 3.8) is 0 Å². The minimum atomic E-state index is -0.140. The maximum absolute atomic E-state index is 13.8. The van der Waals surface area contributed by atoms with Crippen LogP contribution in [0.3, 0.4) is 0 Å². The molecule has 0 saturated heterocycles. The molecule has 1 aliphatic rings. The van der Waals surface area contributed by atoms with Crippen molar-refractivity contribution < 1.29 is 4.39 Å². The average Bonchev–Trinajstić information content (AvgIpc) is 2.55. The lowest BCUT2D eigenvalue weighted by Gasteiger charge is -2.22. The van der Waals surface area contributed by atoms with Gasteiger partial charge in [0.05, 0.1) is 0 Å². The van der Waals surface area contributed by atoms with Gasteiger partial charge in [0.2, 0.25) is 0 Å². The summed E-state index contributed by atoms with van der Waals surface area (Å²) in [4.78, 5) is 0. The van der Waals surface area contributed by atoms with Crippen molar-refractivity contribution in [3.8, 4) is 0 Å². The Morgan fingerprint density at radius 1 is 1.00 bits per heavy atom. The predicted molar refractivity (Wildman–Crippen MR) is 101 cm³/mol. The lowest BCUT2D eigenvalue weighted by atomic mass is 9.83. The van der Waals surface area contributed by atoms with Crippen molar-refractivity contribution in [3.05, 3.63) is 58.4 Å². The number of benzene rings is 3. The van der Waals surface area contributed by atoms with Gasteiger partial charge in [-0.05, 0) is 88.5 Å². The summed E-state index contributed by atoms with van der Waals surface area (Å²) < 4.78 is 14.7. The van der Waals surface area contributed by atoms with Crippen LogP contribution >= 0.6 is 22.6 Å². The normalized spacial score (nSPS) is 14.5. The van der Waals surface area contributed by atoms with E-state index < -0.39 is 0 Å². The molecule has 0 saturated carbocycles. The number of hydrogen-bond acceptors (Lipinski definition) is 0. The van der Waals surface area contributed by atoms with Crippen LogP contribution in [0.2, 0.25) is 0 Å². The van der Waals surface area contributed by atoms with E-state index in [9.17, 15) is 4.39 Å². The minimum absolute atomic E-state index is 0.140. The first-order chi connectivity index (χ1) is 10.7. The van der Waals surface area contributed by atoms with Crippen LogP contribution in [0.5, 0.6) is 0 Å². The number of hydrogen-bond donors (Lipinski definition) is 0. The molecule has 0 amide bonds. The Balaban J connectivity index is 2.23. The Bertz CT molecular complexity index is 895. The van der Waals surface area contributed by atoms with Crippen LogP contribution in [0.4, 0.5) is 4.39 Å². The van der Waals surface area contributed by atoms with Gasteiger partial charge in [0.1, 0.15) is 5.82 Å². The zero-order chi connectivity index (χ0) is 15.3. The molecule has 0 N–H and O–H groups in total. The quantitative estimate of drug-likeness (QED) is 0.255. The van der Waals surface area contributed by atoms with Gasteiger partial charge in [0, 0.05) is 4.43 Å². The molecule has 0 radical (unpaired) electrons. The van der Waals surface area contributed by atoms with E-state index >= 15 is 0 Å². The van der Waals surface area contributed by atoms with Crippen LogP contribution < -0.4 is 0 Å². The van der Waals surface area contributed by atoms with E-state index in [0.29, 0.717) is 0 Å². The number of halogens is 2. The molecule has 0 nitrogen and oxygen atoms in total. The molecule has 0 aromatic heterocycles. The van der Waals surface area contributed by atoms with E-state index in [4.69, 9.17) is 0 Å². The molecule has 3 aromatic rings. The van der Waals surface area contributed by atoms with E-state index in [1.165, 1.54) is 57.7 Å². The highest BCUT2D eigenvalue weighted by Crippen LogP contribution is 2.39. The van der Waals surface area contributed by atoms with Gasteiger partial charge in [-0.1, -0.05) is 40.8 Å². The third-order valence-electron chi connectivity index (χ3n) is 5.08. The highest BCUT2D eigenvalue weighted by molar-refractivity contribution is 14.1. The fraction of sp³-hybridized carbons (Fsp3) is 0.300. The number of alkyl halides is 1. The first-order valence-electron chi connectivity index (χ1n) is 7.92. The summed E-state index contributed by atoms with van der Waals surface area (Å²) >= 11 is 2.43. The van der Waals surface area contributed by atoms with Gasteiger partial charge < -0.3 is 0 Å². The van der Waals surface area contributed by atoms with E-state index in [1.54, 1.807) is 12.1 Å². The first-order valence-corrected chi connectivity index (χ1v) is 9.44. The molecule has 0 heterocycles. The van der Waals surface area contributed by atoms with Crippen LogP contribution in [-0.4, -0.2) is 0 Å². The van der Waals surface area contributed by atoms with Crippen molar-refractivity contribution in [1.82, 2.24) is 0 Å². The van der Waals surface area contributed by atoms with E-state index in [2.05, 4.69) is 41.6 Å². The van der Waals surface area contributed by atoms with Gasteiger partial charge in [-0.3, -0.25) is 0 Å². The zero-order valence-corrected chi connectivity index (χ0v) is 14.8. The largest absolute Gasteiger partial charge is 0.207 e. The molecule has 1 aliphatic carbocycles. The molecule has 0 unspecified atom stereocenters. The van der Waals surface area contributed by atoms with Crippen LogP contribution in [0.15, 0.2) is 30.3 Å². The predicted octanol–water partition coefficient (Wildman–Crippen LogP) is 6.25. The van der Waals surface area contributed by atoms with Crippen LogP contribution in [0, 0.1) is 12.7 Å². The fourth-order valence-electron chi connectivity index (χ4n) is 4.02. The van der Waals surface area contributed by atoms with Gasteiger partial charge >= 0.3 is 0 Å². The lowest BCUT2D eigenvalue weighted by molar-refractivity contribution is 0.629. The van der Waals surface area contributed by atoms with Gasteiger partial charge in [-0.15, -0.1) is 0 Å². The van der Waals surface area contributed by atoms with Gasteiger partial charge in [0.15, 0.2) is 0 Å². The van der Waals surface area contributed by atoms with Crippen molar-refractivity contribution >= 4 is 44.1 Å². The lowest BCUT2D eigenvalue weighted by Crippen LogP contribution is -2.05. The van der Waals surface area contributed by atoms with Crippen LogP contribution in [-0.2, 0) is 17.3 Å². The molecule has 22 heavy (non-hydrogen) atoms. The fourth-order valence-corrected chi connectivity index (χ4v) is 4.84. The average molecular weight is 404 g/mol. The number of aryl methyl sites for hydroxylation is 3. The Hall–Kier alpha value is -1.16. The number of fused-ring (bicyclic) bond motifs is 4. The summed E-state index contributed by atoms with van der Waals surface area (Å²) in [5, 5.41) is 5.04. The topological polar surface area (TPSA) is 0 Å². The minimum Gasteiger partial charge on any atom is -0.207 e. The van der Waals surface area contributed by atoms with E-state index in [0.717, 1.165) is 16.2 Å². The smallest absolute Gasteiger partial charge is 0.123 e. The highest BCUT2D eigenvalue weighted by Gasteiger charge is 2.18. The van der Waals surface area contributed by atoms with Crippen molar-refractivity contribution in [2.24, 2.45) is 0 Å². The number of rotatable bonds is 1. The summed E-state index contributed by atoms with van der Waals surface area (Å²) in [5.41, 5.74) is 5.61. The third kappa shape index (κ3) is 2.07. The molecule has 4 rings (SSSR count). The summed E-state index contributed by atoms with van der Waals surface area (Å²) in [5.74, 6) is -0.140. The molecule has 0 atom stereocenters. The Morgan fingerprint density at radius 2 is 1.77 bits per heavy atom. The molecule has 3 aromatic carbocycles. The van der Waals surface area contributed by atoms with E-state index in [-0.39, 0.29) is 5.82 Å². The molecular weight excluding hydrogens is 386 g/mol. The first kappa shape index (κ1) is 14.4. The molecule has 0 fully saturated rings. The summed E-state index contributed by atoms with van der Waals surface area (Å²) in [7, 11) is 0. The molecule has 2 heteroatoms. The van der Waals surface area contributed by atoms with Gasteiger partial charge in [-0.2, -0.15) is 0 Å². The van der Waals surface area contributed by atoms with Crippen LogP contribution in [0.1, 0.15) is 35.1 Å². The highest BCUT2D eigenvalue weighted by atomic mass is 127. The SMILES string of the molecule is Cc1c2cc(F)ccc2c(CI)c2ccc3c(c12)CCCC3. The monoisotopic (exact) mass is 404 g/mol. The Kier molecular flexibility index (Phi) is 3.60. The Labute approximate surface area is 143 Å². The van der Waals surface area contributed by atoms with Crippen molar-refractivity contribution in [2.45, 2.75) is 37.0 Å². The second kappa shape index (κ2) is 5.48. The molecular formula is C20H18FI. The molecule has 0 bridgehead atoms. The van der Waals surface area contributed by atoms with Gasteiger partial charge in [0.25, 0.3) is 0 Å². The summed E-state index contributed by atoms with van der Waals surface area (Å²) in [6.45, 7) is 2.16. The molecule has 0 aliphatic heterocycles. The zero-order valence-electron chi connectivity index (χ0n) is 12.7. The molecule has 112 valence electrons. The van der Waals surface area contributed by atoms with Gasteiger partial charge in [-0.25, -0.2) is 4.39 Å². The van der Waals surface area contributed by atoms with E-state index in [1.807, 2.05) is 6.07 Å². The summed E-state index contributed by atoms with van der Waals surface area (Å²) in [6, 6.07) is 9.86.